The van der Waals surface area contributed by atoms with Crippen molar-refractivity contribution in [2.75, 3.05) is 31.5 Å². The number of fused-ring (bicyclic) bond motifs is 1. The van der Waals surface area contributed by atoms with Crippen LogP contribution >= 0.6 is 0 Å². The molecule has 0 saturated carbocycles. The van der Waals surface area contributed by atoms with E-state index in [0.717, 1.165) is 47.3 Å². The minimum absolute atomic E-state index is 0.159. The second-order valence-electron chi connectivity index (χ2n) is 11.1. The highest BCUT2D eigenvalue weighted by Gasteiger charge is 2.26. The summed E-state index contributed by atoms with van der Waals surface area (Å²) in [6.07, 6.45) is -0.253. The third-order valence-corrected chi connectivity index (χ3v) is 6.79. The molecule has 1 aliphatic rings. The Morgan fingerprint density at radius 2 is 1.67 bits per heavy atom. The van der Waals surface area contributed by atoms with Gasteiger partial charge in [-0.15, -0.1) is 0 Å². The predicted molar refractivity (Wildman–Crippen MR) is 154 cm³/mol. The first-order valence-electron chi connectivity index (χ1n) is 13.4. The molecule has 0 aliphatic carbocycles. The highest BCUT2D eigenvalue weighted by atomic mass is 16.6. The van der Waals surface area contributed by atoms with Crippen molar-refractivity contribution >= 4 is 28.7 Å². The van der Waals surface area contributed by atoms with Crippen LogP contribution in [0.3, 0.4) is 0 Å². The summed E-state index contributed by atoms with van der Waals surface area (Å²) in [4.78, 5) is 29.5. The summed E-state index contributed by atoms with van der Waals surface area (Å²) in [5.74, 6) is 0.542. The van der Waals surface area contributed by atoms with Gasteiger partial charge in [-0.25, -0.2) is 4.79 Å². The molecule has 1 aromatic heterocycles. The lowest BCUT2D eigenvalue weighted by molar-refractivity contribution is 0.0139. The van der Waals surface area contributed by atoms with Gasteiger partial charge in [0.25, 0.3) is 5.91 Å². The van der Waals surface area contributed by atoms with Crippen molar-refractivity contribution < 1.29 is 18.7 Å². The molecule has 1 aliphatic heterocycles. The zero-order valence-corrected chi connectivity index (χ0v) is 23.0. The summed E-state index contributed by atoms with van der Waals surface area (Å²) in [5.41, 5.74) is 4.64. The summed E-state index contributed by atoms with van der Waals surface area (Å²) in [6.45, 7) is 11.2. The van der Waals surface area contributed by atoms with E-state index in [2.05, 4.69) is 22.3 Å². The molecular formula is C32H35N3O4. The number of para-hydroxylation sites is 1. The van der Waals surface area contributed by atoms with E-state index in [4.69, 9.17) is 9.15 Å². The maximum absolute atomic E-state index is 13.0. The quantitative estimate of drug-likeness (QED) is 0.313. The summed E-state index contributed by atoms with van der Waals surface area (Å²) < 4.78 is 11.8. The zero-order valence-electron chi connectivity index (χ0n) is 23.0. The fourth-order valence-electron chi connectivity index (χ4n) is 4.84. The SMILES string of the molecule is Cc1cccc(C(=O)Nc2ccccc2-c2cc3c(CN4CCN(C(=O)OC(C)(C)C)CC4)cccc3o2)c1. The van der Waals surface area contributed by atoms with Gasteiger partial charge in [0.15, 0.2) is 0 Å². The largest absolute Gasteiger partial charge is 0.456 e. The zero-order chi connectivity index (χ0) is 27.6. The first-order chi connectivity index (χ1) is 18.7. The van der Waals surface area contributed by atoms with Crippen LogP contribution in [0.5, 0.6) is 0 Å². The number of piperazine rings is 1. The molecular weight excluding hydrogens is 490 g/mol. The smallest absolute Gasteiger partial charge is 0.410 e. The number of anilines is 1. The number of ether oxygens (including phenoxy) is 1. The number of amides is 2. The van der Waals surface area contributed by atoms with Gasteiger partial charge in [0.2, 0.25) is 0 Å². The minimum Gasteiger partial charge on any atom is -0.456 e. The first kappa shape index (κ1) is 26.5. The summed E-state index contributed by atoms with van der Waals surface area (Å²) >= 11 is 0. The molecule has 1 saturated heterocycles. The van der Waals surface area contributed by atoms with Crippen LogP contribution in [0, 0.1) is 6.92 Å². The fourth-order valence-corrected chi connectivity index (χ4v) is 4.84. The van der Waals surface area contributed by atoms with E-state index in [1.807, 2.05) is 88.4 Å². The molecule has 4 aromatic rings. The number of furan rings is 1. The summed E-state index contributed by atoms with van der Waals surface area (Å²) in [5, 5.41) is 4.10. The van der Waals surface area contributed by atoms with Crippen LogP contribution in [-0.4, -0.2) is 53.6 Å². The maximum Gasteiger partial charge on any atom is 0.410 e. The highest BCUT2D eigenvalue weighted by Crippen LogP contribution is 2.34. The molecule has 1 N–H and O–H groups in total. The average Bonchev–Trinajstić information content (AvgIpc) is 3.34. The van der Waals surface area contributed by atoms with Crippen LogP contribution in [0.4, 0.5) is 10.5 Å². The Morgan fingerprint density at radius 3 is 2.41 bits per heavy atom. The van der Waals surface area contributed by atoms with Crippen LogP contribution in [0.15, 0.2) is 77.2 Å². The Labute approximate surface area is 229 Å². The van der Waals surface area contributed by atoms with E-state index in [1.54, 1.807) is 4.90 Å². The average molecular weight is 526 g/mol. The minimum atomic E-state index is -0.495. The molecule has 0 radical (unpaired) electrons. The molecule has 7 nitrogen and oxygen atoms in total. The second kappa shape index (κ2) is 10.9. The van der Waals surface area contributed by atoms with Crippen molar-refractivity contribution in [1.29, 1.82) is 0 Å². The molecule has 3 aromatic carbocycles. The number of nitrogens with one attached hydrogen (secondary N) is 1. The molecule has 0 spiro atoms. The van der Waals surface area contributed by atoms with E-state index < -0.39 is 5.60 Å². The number of carbonyl (C=O) groups excluding carboxylic acids is 2. The van der Waals surface area contributed by atoms with Crippen LogP contribution < -0.4 is 5.32 Å². The molecule has 5 rings (SSSR count). The van der Waals surface area contributed by atoms with Gasteiger partial charge in [0.1, 0.15) is 16.9 Å². The third kappa shape index (κ3) is 6.32. The number of carbonyl (C=O) groups is 2. The van der Waals surface area contributed by atoms with Crippen molar-refractivity contribution in [3.05, 3.63) is 89.5 Å². The van der Waals surface area contributed by atoms with E-state index in [0.29, 0.717) is 30.1 Å². The number of benzene rings is 3. The van der Waals surface area contributed by atoms with Gasteiger partial charge in [-0.05, 0) is 69.7 Å². The monoisotopic (exact) mass is 525 g/mol. The van der Waals surface area contributed by atoms with Crippen LogP contribution in [0.1, 0.15) is 42.3 Å². The van der Waals surface area contributed by atoms with Gasteiger partial charge >= 0.3 is 6.09 Å². The molecule has 0 unspecified atom stereocenters. The van der Waals surface area contributed by atoms with Crippen LogP contribution in [0.2, 0.25) is 0 Å². The highest BCUT2D eigenvalue weighted by molar-refractivity contribution is 6.06. The number of hydrogen-bond acceptors (Lipinski definition) is 5. The Hall–Kier alpha value is -4.10. The molecule has 2 amide bonds. The molecule has 2 heterocycles. The standard InChI is InChI=1S/C32H35N3O4/c1-22-9-7-10-23(19-22)30(36)33-27-13-6-5-12-25(27)29-20-26-24(11-8-14-28(26)38-29)21-34-15-17-35(18-16-34)31(37)39-32(2,3)4/h5-14,19-20H,15-18,21H2,1-4H3,(H,33,36). The lowest BCUT2D eigenvalue weighted by Gasteiger charge is -2.35. The number of hydrogen-bond donors (Lipinski definition) is 1. The lowest BCUT2D eigenvalue weighted by atomic mass is 10.1. The molecule has 7 heteroatoms. The Morgan fingerprint density at radius 1 is 0.923 bits per heavy atom. The molecule has 0 bridgehead atoms. The number of nitrogens with zero attached hydrogens (tertiary/aromatic N) is 2. The van der Waals surface area contributed by atoms with Gasteiger partial charge in [0.05, 0.1) is 5.69 Å². The van der Waals surface area contributed by atoms with Crippen molar-refractivity contribution in [3.8, 4) is 11.3 Å². The fraction of sp³-hybridized carbons (Fsp3) is 0.312. The number of aryl methyl sites for hydroxylation is 1. The van der Waals surface area contributed by atoms with Gasteiger partial charge in [-0.2, -0.15) is 0 Å². The molecule has 202 valence electrons. The summed E-state index contributed by atoms with van der Waals surface area (Å²) in [6, 6.07) is 23.4. The van der Waals surface area contributed by atoms with Crippen LogP contribution in [0.25, 0.3) is 22.3 Å². The molecule has 0 atom stereocenters. The van der Waals surface area contributed by atoms with Crippen molar-refractivity contribution in [3.63, 3.8) is 0 Å². The Kier molecular flexibility index (Phi) is 7.44. The maximum atomic E-state index is 13.0. The van der Waals surface area contributed by atoms with E-state index >= 15 is 0 Å². The Bertz CT molecular complexity index is 1490. The molecule has 39 heavy (non-hydrogen) atoms. The van der Waals surface area contributed by atoms with E-state index in [-0.39, 0.29) is 12.0 Å². The Balaban J connectivity index is 1.32. The van der Waals surface area contributed by atoms with E-state index in [9.17, 15) is 9.59 Å². The van der Waals surface area contributed by atoms with Crippen LogP contribution in [-0.2, 0) is 11.3 Å². The predicted octanol–water partition coefficient (Wildman–Crippen LogP) is 6.71. The first-order valence-corrected chi connectivity index (χ1v) is 13.4. The van der Waals surface area contributed by atoms with Gasteiger partial charge in [0, 0.05) is 49.2 Å². The summed E-state index contributed by atoms with van der Waals surface area (Å²) in [7, 11) is 0. The molecule has 1 fully saturated rings. The van der Waals surface area contributed by atoms with Gasteiger partial charge in [-0.1, -0.05) is 42.0 Å². The second-order valence-corrected chi connectivity index (χ2v) is 11.1. The van der Waals surface area contributed by atoms with Gasteiger partial charge < -0.3 is 19.4 Å². The normalized spacial score (nSPS) is 14.4. The van der Waals surface area contributed by atoms with E-state index in [1.165, 1.54) is 0 Å². The lowest BCUT2D eigenvalue weighted by Crippen LogP contribution is -2.49. The van der Waals surface area contributed by atoms with Crippen molar-refractivity contribution in [2.45, 2.75) is 39.8 Å². The van der Waals surface area contributed by atoms with Gasteiger partial charge in [-0.3, -0.25) is 9.69 Å². The van der Waals surface area contributed by atoms with Crippen molar-refractivity contribution in [1.82, 2.24) is 9.80 Å². The van der Waals surface area contributed by atoms with Crippen molar-refractivity contribution in [2.24, 2.45) is 0 Å². The topological polar surface area (TPSA) is 75.0 Å². The third-order valence-electron chi connectivity index (χ3n) is 6.79. The number of rotatable bonds is 5.